The minimum Gasteiger partial charge on any atom is -0.390 e. The molecule has 80 valence electrons. The van der Waals surface area contributed by atoms with Crippen molar-refractivity contribution in [2.45, 2.75) is 27.0 Å². The maximum absolute atomic E-state index is 8.79. The summed E-state index contributed by atoms with van der Waals surface area (Å²) < 4.78 is 7.35. The van der Waals surface area contributed by atoms with Crippen LogP contribution in [0.2, 0.25) is 0 Å². The summed E-state index contributed by atoms with van der Waals surface area (Å²) in [4.78, 5) is 4.01. The van der Waals surface area contributed by atoms with E-state index in [2.05, 4.69) is 18.8 Å². The Hall–Kier alpha value is -0.870. The minimum absolute atomic E-state index is 0.000148. The molecule has 1 N–H and O–H groups in total. The van der Waals surface area contributed by atoms with Crippen molar-refractivity contribution in [2.24, 2.45) is 5.92 Å². The van der Waals surface area contributed by atoms with Crippen molar-refractivity contribution >= 4 is 0 Å². The monoisotopic (exact) mass is 198 g/mol. The van der Waals surface area contributed by atoms with Gasteiger partial charge in [-0.3, -0.25) is 0 Å². The van der Waals surface area contributed by atoms with Gasteiger partial charge in [-0.05, 0) is 5.92 Å². The Labute approximate surface area is 84.5 Å². The molecule has 4 nitrogen and oxygen atoms in total. The standard InChI is InChI=1S/C10H18N2O2/c1-9(2)7-14-4-3-12-5-10(6-13)11-8-12/h5,8-9,13H,3-4,6-7H2,1-2H3. The van der Waals surface area contributed by atoms with E-state index in [1.165, 1.54) is 0 Å². The van der Waals surface area contributed by atoms with Crippen LogP contribution < -0.4 is 0 Å². The SMILES string of the molecule is CC(C)COCCn1cnc(CO)c1. The van der Waals surface area contributed by atoms with Crippen LogP contribution in [-0.2, 0) is 17.9 Å². The van der Waals surface area contributed by atoms with E-state index in [-0.39, 0.29) is 6.61 Å². The Morgan fingerprint density at radius 2 is 2.36 bits per heavy atom. The van der Waals surface area contributed by atoms with Crippen LogP contribution in [0.5, 0.6) is 0 Å². The second-order valence-electron chi connectivity index (χ2n) is 3.73. The first-order valence-corrected chi connectivity index (χ1v) is 4.91. The molecule has 0 amide bonds. The molecule has 1 rings (SSSR count). The van der Waals surface area contributed by atoms with Crippen LogP contribution in [0.25, 0.3) is 0 Å². The van der Waals surface area contributed by atoms with Gasteiger partial charge in [0.1, 0.15) is 0 Å². The number of aliphatic hydroxyl groups is 1. The van der Waals surface area contributed by atoms with Crippen molar-refractivity contribution in [1.82, 2.24) is 9.55 Å². The zero-order chi connectivity index (χ0) is 10.4. The van der Waals surface area contributed by atoms with Crippen molar-refractivity contribution in [3.8, 4) is 0 Å². The molecule has 0 aliphatic carbocycles. The molecule has 0 unspecified atom stereocenters. The summed E-state index contributed by atoms with van der Waals surface area (Å²) in [6.45, 7) is 6.53. The summed E-state index contributed by atoms with van der Waals surface area (Å²) in [6.07, 6.45) is 3.54. The lowest BCUT2D eigenvalue weighted by Crippen LogP contribution is -2.08. The van der Waals surface area contributed by atoms with Gasteiger partial charge in [0.25, 0.3) is 0 Å². The highest BCUT2D eigenvalue weighted by Crippen LogP contribution is 1.97. The van der Waals surface area contributed by atoms with Gasteiger partial charge in [0.15, 0.2) is 0 Å². The van der Waals surface area contributed by atoms with Crippen molar-refractivity contribution in [2.75, 3.05) is 13.2 Å². The van der Waals surface area contributed by atoms with Crippen LogP contribution in [0, 0.1) is 5.92 Å². The van der Waals surface area contributed by atoms with E-state index >= 15 is 0 Å². The zero-order valence-corrected chi connectivity index (χ0v) is 8.81. The van der Waals surface area contributed by atoms with Crippen molar-refractivity contribution in [3.63, 3.8) is 0 Å². The molecule has 0 fully saturated rings. The fourth-order valence-corrected chi connectivity index (χ4v) is 1.10. The number of aliphatic hydroxyl groups excluding tert-OH is 1. The lowest BCUT2D eigenvalue weighted by atomic mass is 10.2. The molecular weight excluding hydrogens is 180 g/mol. The number of hydrogen-bond acceptors (Lipinski definition) is 3. The third kappa shape index (κ3) is 3.89. The molecule has 0 radical (unpaired) electrons. The van der Waals surface area contributed by atoms with E-state index in [1.807, 2.05) is 10.8 Å². The van der Waals surface area contributed by atoms with Gasteiger partial charge in [0, 0.05) is 19.3 Å². The van der Waals surface area contributed by atoms with Gasteiger partial charge in [-0.25, -0.2) is 4.98 Å². The third-order valence-corrected chi connectivity index (χ3v) is 1.79. The summed E-state index contributed by atoms with van der Waals surface area (Å²) in [6, 6.07) is 0. The Bertz CT molecular complexity index is 258. The highest BCUT2D eigenvalue weighted by Gasteiger charge is 1.97. The third-order valence-electron chi connectivity index (χ3n) is 1.79. The molecule has 0 saturated carbocycles. The molecular formula is C10H18N2O2. The largest absolute Gasteiger partial charge is 0.390 e. The number of imidazole rings is 1. The van der Waals surface area contributed by atoms with Gasteiger partial charge in [0.05, 0.1) is 25.2 Å². The molecule has 4 heteroatoms. The van der Waals surface area contributed by atoms with Gasteiger partial charge in [-0.1, -0.05) is 13.8 Å². The summed E-state index contributed by atoms with van der Waals surface area (Å²) in [5.74, 6) is 0.575. The van der Waals surface area contributed by atoms with E-state index in [1.54, 1.807) is 6.33 Å². The molecule has 1 aromatic rings. The van der Waals surface area contributed by atoms with E-state index < -0.39 is 0 Å². The minimum atomic E-state index is -0.000148. The van der Waals surface area contributed by atoms with Crippen molar-refractivity contribution in [1.29, 1.82) is 0 Å². The lowest BCUT2D eigenvalue weighted by molar-refractivity contribution is 0.103. The van der Waals surface area contributed by atoms with Crippen LogP contribution in [0.4, 0.5) is 0 Å². The van der Waals surface area contributed by atoms with E-state index in [9.17, 15) is 0 Å². The van der Waals surface area contributed by atoms with E-state index in [4.69, 9.17) is 9.84 Å². The highest BCUT2D eigenvalue weighted by molar-refractivity contribution is 4.93. The molecule has 14 heavy (non-hydrogen) atoms. The summed E-state index contributed by atoms with van der Waals surface area (Å²) in [5.41, 5.74) is 0.703. The molecule has 0 spiro atoms. The number of rotatable bonds is 6. The average molecular weight is 198 g/mol. The second-order valence-corrected chi connectivity index (χ2v) is 3.73. The van der Waals surface area contributed by atoms with E-state index in [0.29, 0.717) is 18.2 Å². The van der Waals surface area contributed by atoms with Crippen LogP contribution in [0.1, 0.15) is 19.5 Å². The quantitative estimate of drug-likeness (QED) is 0.695. The van der Waals surface area contributed by atoms with Crippen molar-refractivity contribution < 1.29 is 9.84 Å². The summed E-state index contributed by atoms with van der Waals surface area (Å²) in [7, 11) is 0. The fraction of sp³-hybridized carbons (Fsp3) is 0.700. The fourth-order valence-electron chi connectivity index (χ4n) is 1.10. The molecule has 0 aromatic carbocycles. The first kappa shape index (κ1) is 11.2. The Kier molecular flexibility index (Phi) is 4.62. The lowest BCUT2D eigenvalue weighted by Gasteiger charge is -2.06. The van der Waals surface area contributed by atoms with Crippen LogP contribution in [-0.4, -0.2) is 27.9 Å². The van der Waals surface area contributed by atoms with Crippen molar-refractivity contribution in [3.05, 3.63) is 18.2 Å². The number of hydrogen-bond donors (Lipinski definition) is 1. The molecule has 1 aromatic heterocycles. The smallest absolute Gasteiger partial charge is 0.0951 e. The number of aromatic nitrogens is 2. The molecule has 0 atom stereocenters. The van der Waals surface area contributed by atoms with Gasteiger partial charge in [-0.15, -0.1) is 0 Å². The number of nitrogens with zero attached hydrogens (tertiary/aromatic N) is 2. The van der Waals surface area contributed by atoms with Crippen LogP contribution in [0.3, 0.4) is 0 Å². The van der Waals surface area contributed by atoms with Gasteiger partial charge < -0.3 is 14.4 Å². The summed E-state index contributed by atoms with van der Waals surface area (Å²) in [5, 5.41) is 8.79. The number of ether oxygens (including phenoxy) is 1. The maximum atomic E-state index is 8.79. The van der Waals surface area contributed by atoms with E-state index in [0.717, 1.165) is 13.2 Å². The van der Waals surface area contributed by atoms with Crippen LogP contribution >= 0.6 is 0 Å². The van der Waals surface area contributed by atoms with Gasteiger partial charge >= 0.3 is 0 Å². The Morgan fingerprint density at radius 3 is 2.93 bits per heavy atom. The Morgan fingerprint density at radius 1 is 1.57 bits per heavy atom. The molecule has 0 aliphatic rings. The van der Waals surface area contributed by atoms with Crippen LogP contribution in [0.15, 0.2) is 12.5 Å². The Balaban J connectivity index is 2.18. The second kappa shape index (κ2) is 5.78. The zero-order valence-electron chi connectivity index (χ0n) is 8.81. The maximum Gasteiger partial charge on any atom is 0.0951 e. The first-order chi connectivity index (χ1) is 6.72. The molecule has 1 heterocycles. The normalized spacial score (nSPS) is 11.1. The molecule has 0 aliphatic heterocycles. The topological polar surface area (TPSA) is 47.3 Å². The predicted octanol–water partition coefficient (Wildman–Crippen LogP) is 1.05. The summed E-state index contributed by atoms with van der Waals surface area (Å²) >= 11 is 0. The predicted molar refractivity (Wildman–Crippen MR) is 53.8 cm³/mol. The molecule has 0 bridgehead atoms. The van der Waals surface area contributed by atoms with Gasteiger partial charge in [-0.2, -0.15) is 0 Å². The highest BCUT2D eigenvalue weighted by atomic mass is 16.5. The van der Waals surface area contributed by atoms with Gasteiger partial charge in [0.2, 0.25) is 0 Å². The average Bonchev–Trinajstić information content (AvgIpc) is 2.60. The first-order valence-electron chi connectivity index (χ1n) is 4.91. The molecule has 0 saturated heterocycles.